The molecule has 2 aromatic rings. The summed E-state index contributed by atoms with van der Waals surface area (Å²) in [6.45, 7) is 1.78. The molecule has 1 atom stereocenters. The number of thiophene rings is 1. The molecule has 0 bridgehead atoms. The van der Waals surface area contributed by atoms with Crippen LogP contribution in [0.2, 0.25) is 0 Å². The zero-order chi connectivity index (χ0) is 10.1. The van der Waals surface area contributed by atoms with Gasteiger partial charge < -0.3 is 9.84 Å². The molecule has 0 aliphatic rings. The predicted molar refractivity (Wildman–Crippen MR) is 59.0 cm³/mol. The summed E-state index contributed by atoms with van der Waals surface area (Å²) in [6.07, 6.45) is -0.421. The van der Waals surface area contributed by atoms with Gasteiger partial charge >= 0.3 is 0 Å². The number of hydrogen-bond donors (Lipinski definition) is 1. The van der Waals surface area contributed by atoms with E-state index in [1.54, 1.807) is 25.4 Å². The third-order valence-electron chi connectivity index (χ3n) is 2.26. The Morgan fingerprint density at radius 3 is 2.86 bits per heavy atom. The fraction of sp³-hybridized carbons (Fsp3) is 0.273. The third kappa shape index (κ3) is 1.49. The summed E-state index contributed by atoms with van der Waals surface area (Å²) in [7, 11) is 1.65. The minimum absolute atomic E-state index is 0.421. The van der Waals surface area contributed by atoms with Crippen LogP contribution in [0, 0.1) is 0 Å². The van der Waals surface area contributed by atoms with E-state index in [2.05, 4.69) is 0 Å². The van der Waals surface area contributed by atoms with Crippen LogP contribution in [0.4, 0.5) is 0 Å². The second-order valence-electron chi connectivity index (χ2n) is 3.23. The quantitative estimate of drug-likeness (QED) is 0.822. The number of fused-ring (bicyclic) bond motifs is 1. The van der Waals surface area contributed by atoms with Gasteiger partial charge in [0.25, 0.3) is 0 Å². The molecule has 3 heteroatoms. The minimum atomic E-state index is -0.421. The molecular formula is C11H12O2S. The molecule has 0 saturated carbocycles. The smallest absolute Gasteiger partial charge is 0.119 e. The van der Waals surface area contributed by atoms with Crippen LogP contribution in [0.1, 0.15) is 18.6 Å². The maximum absolute atomic E-state index is 9.54. The highest BCUT2D eigenvalue weighted by Gasteiger charge is 2.09. The van der Waals surface area contributed by atoms with Crippen LogP contribution in [0.5, 0.6) is 5.75 Å². The minimum Gasteiger partial charge on any atom is -0.497 e. The van der Waals surface area contributed by atoms with Crippen molar-refractivity contribution in [3.8, 4) is 5.75 Å². The molecule has 1 aromatic carbocycles. The molecule has 74 valence electrons. The number of aliphatic hydroxyl groups is 1. The SMILES string of the molecule is COc1ccc2scc(C(C)O)c2c1. The van der Waals surface area contributed by atoms with E-state index < -0.39 is 6.10 Å². The molecule has 2 nitrogen and oxygen atoms in total. The number of benzene rings is 1. The second kappa shape index (κ2) is 3.59. The summed E-state index contributed by atoms with van der Waals surface area (Å²) in [5.74, 6) is 0.831. The standard InChI is InChI=1S/C11H12O2S/c1-7(12)10-6-14-11-4-3-8(13-2)5-9(10)11/h3-7,12H,1-2H3. The summed E-state index contributed by atoms with van der Waals surface area (Å²) >= 11 is 1.65. The Morgan fingerprint density at radius 2 is 2.21 bits per heavy atom. The van der Waals surface area contributed by atoms with Crippen LogP contribution in [0.3, 0.4) is 0 Å². The van der Waals surface area contributed by atoms with Crippen molar-refractivity contribution < 1.29 is 9.84 Å². The summed E-state index contributed by atoms with van der Waals surface area (Å²) in [5.41, 5.74) is 0.976. The van der Waals surface area contributed by atoms with Crippen LogP contribution in [0.15, 0.2) is 23.6 Å². The number of hydrogen-bond acceptors (Lipinski definition) is 3. The molecule has 0 aliphatic carbocycles. The summed E-state index contributed by atoms with van der Waals surface area (Å²) in [6, 6.07) is 5.92. The van der Waals surface area contributed by atoms with Gasteiger partial charge in [-0.25, -0.2) is 0 Å². The monoisotopic (exact) mass is 208 g/mol. The van der Waals surface area contributed by atoms with E-state index in [0.29, 0.717) is 0 Å². The van der Waals surface area contributed by atoms with E-state index in [4.69, 9.17) is 4.74 Å². The predicted octanol–water partition coefficient (Wildman–Crippen LogP) is 2.96. The van der Waals surface area contributed by atoms with Gasteiger partial charge in [-0.15, -0.1) is 11.3 Å². The Morgan fingerprint density at radius 1 is 1.43 bits per heavy atom. The molecule has 1 heterocycles. The van der Waals surface area contributed by atoms with E-state index in [-0.39, 0.29) is 0 Å². The lowest BCUT2D eigenvalue weighted by atomic mass is 10.1. The van der Waals surface area contributed by atoms with E-state index >= 15 is 0 Å². The first-order valence-electron chi connectivity index (χ1n) is 4.45. The number of aliphatic hydroxyl groups excluding tert-OH is 1. The van der Waals surface area contributed by atoms with Gasteiger partial charge in [-0.3, -0.25) is 0 Å². The molecule has 1 N–H and O–H groups in total. The van der Waals surface area contributed by atoms with E-state index in [1.807, 2.05) is 23.6 Å². The largest absolute Gasteiger partial charge is 0.497 e. The highest BCUT2D eigenvalue weighted by atomic mass is 32.1. The zero-order valence-corrected chi connectivity index (χ0v) is 8.97. The molecule has 0 saturated heterocycles. The van der Waals surface area contributed by atoms with E-state index in [0.717, 1.165) is 16.7 Å². The van der Waals surface area contributed by atoms with Crippen LogP contribution >= 0.6 is 11.3 Å². The third-order valence-corrected chi connectivity index (χ3v) is 3.24. The van der Waals surface area contributed by atoms with Crippen LogP contribution in [-0.4, -0.2) is 12.2 Å². The molecular weight excluding hydrogens is 196 g/mol. The molecule has 14 heavy (non-hydrogen) atoms. The average Bonchev–Trinajstić information content (AvgIpc) is 2.59. The van der Waals surface area contributed by atoms with Gasteiger partial charge in [0.1, 0.15) is 5.75 Å². The maximum atomic E-state index is 9.54. The first kappa shape index (κ1) is 9.49. The average molecular weight is 208 g/mol. The zero-order valence-electron chi connectivity index (χ0n) is 8.15. The van der Waals surface area contributed by atoms with Gasteiger partial charge in [0.2, 0.25) is 0 Å². The van der Waals surface area contributed by atoms with Crippen molar-refractivity contribution in [1.29, 1.82) is 0 Å². The summed E-state index contributed by atoms with van der Waals surface area (Å²) < 4.78 is 6.33. The molecule has 0 radical (unpaired) electrons. The Balaban J connectivity index is 2.63. The Labute approximate surface area is 86.8 Å². The van der Waals surface area contributed by atoms with Crippen molar-refractivity contribution in [2.45, 2.75) is 13.0 Å². The molecule has 2 rings (SSSR count). The summed E-state index contributed by atoms with van der Waals surface area (Å²) in [5, 5.41) is 12.6. The fourth-order valence-electron chi connectivity index (χ4n) is 1.48. The lowest BCUT2D eigenvalue weighted by Crippen LogP contribution is -1.88. The Bertz CT molecular complexity index is 445. The molecule has 0 aliphatic heterocycles. The first-order chi connectivity index (χ1) is 6.72. The van der Waals surface area contributed by atoms with Crippen molar-refractivity contribution in [2.24, 2.45) is 0 Å². The highest BCUT2D eigenvalue weighted by Crippen LogP contribution is 2.32. The lowest BCUT2D eigenvalue weighted by Gasteiger charge is -2.03. The Kier molecular flexibility index (Phi) is 2.44. The molecule has 0 amide bonds. The highest BCUT2D eigenvalue weighted by molar-refractivity contribution is 7.17. The first-order valence-corrected chi connectivity index (χ1v) is 5.33. The van der Waals surface area contributed by atoms with Crippen molar-refractivity contribution >= 4 is 21.4 Å². The van der Waals surface area contributed by atoms with Crippen molar-refractivity contribution in [1.82, 2.24) is 0 Å². The number of methoxy groups -OCH3 is 1. The number of rotatable bonds is 2. The maximum Gasteiger partial charge on any atom is 0.119 e. The topological polar surface area (TPSA) is 29.5 Å². The molecule has 1 aromatic heterocycles. The van der Waals surface area contributed by atoms with E-state index in [1.165, 1.54) is 4.70 Å². The van der Waals surface area contributed by atoms with Crippen molar-refractivity contribution in [2.75, 3.05) is 7.11 Å². The van der Waals surface area contributed by atoms with Gasteiger partial charge in [-0.2, -0.15) is 0 Å². The lowest BCUT2D eigenvalue weighted by molar-refractivity contribution is 0.201. The van der Waals surface area contributed by atoms with E-state index in [9.17, 15) is 5.11 Å². The van der Waals surface area contributed by atoms with Crippen LogP contribution < -0.4 is 4.74 Å². The van der Waals surface area contributed by atoms with Gasteiger partial charge in [0.15, 0.2) is 0 Å². The molecule has 0 fully saturated rings. The Hall–Kier alpha value is -1.06. The van der Waals surface area contributed by atoms with Crippen LogP contribution in [-0.2, 0) is 0 Å². The van der Waals surface area contributed by atoms with Crippen LogP contribution in [0.25, 0.3) is 10.1 Å². The normalized spacial score (nSPS) is 13.1. The van der Waals surface area contributed by atoms with Gasteiger partial charge in [-0.1, -0.05) is 0 Å². The number of ether oxygens (including phenoxy) is 1. The van der Waals surface area contributed by atoms with Crippen molar-refractivity contribution in [3.05, 3.63) is 29.1 Å². The van der Waals surface area contributed by atoms with Gasteiger partial charge in [-0.05, 0) is 36.1 Å². The van der Waals surface area contributed by atoms with Crippen molar-refractivity contribution in [3.63, 3.8) is 0 Å². The van der Waals surface area contributed by atoms with Gasteiger partial charge in [0.05, 0.1) is 13.2 Å². The van der Waals surface area contributed by atoms with Gasteiger partial charge in [0, 0.05) is 10.1 Å². The second-order valence-corrected chi connectivity index (χ2v) is 4.14. The fourth-order valence-corrected chi connectivity index (χ4v) is 2.51. The molecule has 1 unspecified atom stereocenters. The summed E-state index contributed by atoms with van der Waals surface area (Å²) in [4.78, 5) is 0. The molecule has 0 spiro atoms.